The van der Waals surface area contributed by atoms with Crippen LogP contribution >= 0.6 is 11.3 Å². The first-order chi connectivity index (χ1) is 9.10. The van der Waals surface area contributed by atoms with Gasteiger partial charge in [0.15, 0.2) is 5.78 Å². The Kier molecular flexibility index (Phi) is 4.50. The number of ketones is 1. The Hall–Kier alpha value is -1.03. The van der Waals surface area contributed by atoms with Gasteiger partial charge in [0.2, 0.25) is 0 Å². The summed E-state index contributed by atoms with van der Waals surface area (Å²) in [4.78, 5) is 15.1. The van der Waals surface area contributed by atoms with E-state index in [4.69, 9.17) is 5.73 Å². The van der Waals surface area contributed by atoms with Gasteiger partial charge in [0.1, 0.15) is 0 Å². The van der Waals surface area contributed by atoms with Crippen molar-refractivity contribution in [3.05, 3.63) is 10.4 Å². The van der Waals surface area contributed by atoms with E-state index in [2.05, 4.69) is 18.9 Å². The van der Waals surface area contributed by atoms with E-state index in [1.54, 1.807) is 11.3 Å². The first-order valence-corrected chi connectivity index (χ1v) is 8.08. The highest BCUT2D eigenvalue weighted by Crippen LogP contribution is 2.52. The molecular weight excluding hydrogens is 256 g/mol. The smallest absolute Gasteiger partial charge is 0.174 e. The van der Waals surface area contributed by atoms with Crippen LogP contribution in [0.4, 0.5) is 10.7 Å². The molecule has 0 amide bonds. The number of carbonyl (C=O) groups excluding carboxylic acids is 1. The number of thiophene rings is 1. The highest BCUT2D eigenvalue weighted by Gasteiger charge is 2.33. The van der Waals surface area contributed by atoms with E-state index in [-0.39, 0.29) is 5.78 Å². The maximum Gasteiger partial charge on any atom is 0.174 e. The normalized spacial score (nSPS) is 14.7. The number of Topliss-reactive ketones (excluding diaryl/α,β-unsaturated/α-hetero) is 1. The van der Waals surface area contributed by atoms with Gasteiger partial charge in [-0.05, 0) is 25.2 Å². The molecular formula is C15H24N2OS. The van der Waals surface area contributed by atoms with Gasteiger partial charge >= 0.3 is 0 Å². The third-order valence-corrected chi connectivity index (χ3v) is 5.09. The van der Waals surface area contributed by atoms with Crippen LogP contribution in [0.1, 0.15) is 67.1 Å². The van der Waals surface area contributed by atoms with Crippen LogP contribution in [0.5, 0.6) is 0 Å². The lowest BCUT2D eigenvalue weighted by atomic mass is 10.1. The minimum atomic E-state index is 0.180. The van der Waals surface area contributed by atoms with Crippen LogP contribution in [0.3, 0.4) is 0 Å². The maximum absolute atomic E-state index is 12.0. The van der Waals surface area contributed by atoms with Crippen molar-refractivity contribution in [3.63, 3.8) is 0 Å². The molecule has 0 atom stereocenters. The predicted molar refractivity (Wildman–Crippen MR) is 83.5 cm³/mol. The summed E-state index contributed by atoms with van der Waals surface area (Å²) in [6.45, 7) is 5.14. The van der Waals surface area contributed by atoms with E-state index < -0.39 is 0 Å². The van der Waals surface area contributed by atoms with E-state index in [0.29, 0.717) is 12.3 Å². The molecule has 106 valence electrons. The summed E-state index contributed by atoms with van der Waals surface area (Å²) in [5.74, 6) is 0.772. The lowest BCUT2D eigenvalue weighted by Gasteiger charge is -2.19. The summed E-state index contributed by atoms with van der Waals surface area (Å²) in [5, 5.41) is 1.23. The second-order valence-corrected chi connectivity index (χ2v) is 6.39. The molecule has 0 aromatic carbocycles. The summed E-state index contributed by atoms with van der Waals surface area (Å²) in [7, 11) is 2.12. The Morgan fingerprint density at radius 3 is 2.63 bits per heavy atom. The lowest BCUT2D eigenvalue weighted by Crippen LogP contribution is -2.18. The highest BCUT2D eigenvalue weighted by atomic mass is 32.1. The van der Waals surface area contributed by atoms with Crippen molar-refractivity contribution in [1.29, 1.82) is 0 Å². The highest BCUT2D eigenvalue weighted by molar-refractivity contribution is 7.18. The van der Waals surface area contributed by atoms with Crippen LogP contribution in [0.25, 0.3) is 0 Å². The summed E-state index contributed by atoms with van der Waals surface area (Å²) >= 11 is 1.60. The van der Waals surface area contributed by atoms with Gasteiger partial charge in [-0.15, -0.1) is 11.3 Å². The van der Waals surface area contributed by atoms with Crippen LogP contribution < -0.4 is 10.6 Å². The Morgan fingerprint density at radius 1 is 1.42 bits per heavy atom. The molecule has 2 N–H and O–H groups in total. The van der Waals surface area contributed by atoms with Gasteiger partial charge in [0, 0.05) is 25.6 Å². The zero-order valence-electron chi connectivity index (χ0n) is 12.2. The molecule has 1 aromatic rings. The Morgan fingerprint density at radius 2 is 2.11 bits per heavy atom. The summed E-state index contributed by atoms with van der Waals surface area (Å²) in [6.07, 6.45) is 5.33. The number of anilines is 2. The lowest BCUT2D eigenvalue weighted by molar-refractivity contribution is 0.0993. The van der Waals surface area contributed by atoms with Crippen molar-refractivity contribution in [2.75, 3.05) is 24.2 Å². The standard InChI is InChI=1S/C15H24N2OS/c1-4-6-9-17(3)15-12(10-7-8-10)13(16)14(19-15)11(18)5-2/h10H,4-9,16H2,1-3H3. The van der Waals surface area contributed by atoms with E-state index in [1.165, 1.54) is 36.2 Å². The number of nitrogens with zero attached hydrogens (tertiary/aromatic N) is 1. The number of hydrogen-bond acceptors (Lipinski definition) is 4. The largest absolute Gasteiger partial charge is 0.397 e. The minimum Gasteiger partial charge on any atom is -0.397 e. The fourth-order valence-electron chi connectivity index (χ4n) is 2.36. The first kappa shape index (κ1) is 14.4. The van der Waals surface area contributed by atoms with Gasteiger partial charge in [-0.1, -0.05) is 20.3 Å². The maximum atomic E-state index is 12.0. The molecule has 1 aliphatic rings. The topological polar surface area (TPSA) is 46.3 Å². The fourth-order valence-corrected chi connectivity index (χ4v) is 3.66. The summed E-state index contributed by atoms with van der Waals surface area (Å²) < 4.78 is 0. The molecule has 0 saturated heterocycles. The number of hydrogen-bond donors (Lipinski definition) is 1. The number of carbonyl (C=O) groups is 1. The molecule has 0 unspecified atom stereocenters. The van der Waals surface area contributed by atoms with Gasteiger partial charge in [-0.2, -0.15) is 0 Å². The van der Waals surface area contributed by atoms with E-state index in [1.807, 2.05) is 6.92 Å². The Balaban J connectivity index is 2.33. The Bertz CT molecular complexity index is 463. The average Bonchev–Trinajstić information content (AvgIpc) is 3.18. The fraction of sp³-hybridized carbons (Fsp3) is 0.667. The summed E-state index contributed by atoms with van der Waals surface area (Å²) in [6, 6.07) is 0. The predicted octanol–water partition coefficient (Wildman–Crippen LogP) is 4.04. The van der Waals surface area contributed by atoms with Crippen molar-refractivity contribution in [2.45, 2.75) is 51.9 Å². The second-order valence-electron chi connectivity index (χ2n) is 5.39. The number of nitrogens with two attached hydrogens (primary N) is 1. The quantitative estimate of drug-likeness (QED) is 0.767. The molecule has 4 heteroatoms. The zero-order valence-corrected chi connectivity index (χ0v) is 13.0. The van der Waals surface area contributed by atoms with Crippen molar-refractivity contribution >= 4 is 27.8 Å². The van der Waals surface area contributed by atoms with E-state index in [9.17, 15) is 4.79 Å². The molecule has 1 fully saturated rings. The van der Waals surface area contributed by atoms with Gasteiger partial charge in [-0.25, -0.2) is 0 Å². The Labute approximate surface area is 119 Å². The molecule has 1 heterocycles. The first-order valence-electron chi connectivity index (χ1n) is 7.26. The molecule has 0 aliphatic heterocycles. The van der Waals surface area contributed by atoms with Crippen molar-refractivity contribution in [3.8, 4) is 0 Å². The average molecular weight is 280 g/mol. The zero-order chi connectivity index (χ0) is 14.0. The second kappa shape index (κ2) is 5.95. The van der Waals surface area contributed by atoms with Crippen LogP contribution in [0.15, 0.2) is 0 Å². The third kappa shape index (κ3) is 2.94. The van der Waals surface area contributed by atoms with Crippen LogP contribution in [0, 0.1) is 0 Å². The molecule has 0 radical (unpaired) electrons. The van der Waals surface area contributed by atoms with Gasteiger partial charge in [0.25, 0.3) is 0 Å². The van der Waals surface area contributed by atoms with E-state index in [0.717, 1.165) is 17.1 Å². The monoisotopic (exact) mass is 280 g/mol. The molecule has 0 bridgehead atoms. The SMILES string of the molecule is CCCCN(C)c1sc(C(=O)CC)c(N)c1C1CC1. The van der Waals surface area contributed by atoms with Gasteiger partial charge < -0.3 is 10.6 Å². The number of rotatable bonds is 7. The molecule has 3 nitrogen and oxygen atoms in total. The number of unbranched alkanes of at least 4 members (excludes halogenated alkanes) is 1. The van der Waals surface area contributed by atoms with Gasteiger partial charge in [-0.3, -0.25) is 4.79 Å². The molecule has 2 rings (SSSR count). The van der Waals surface area contributed by atoms with Crippen LogP contribution in [-0.4, -0.2) is 19.4 Å². The summed E-state index contributed by atoms with van der Waals surface area (Å²) in [5.41, 5.74) is 8.26. The van der Waals surface area contributed by atoms with Crippen molar-refractivity contribution < 1.29 is 4.79 Å². The van der Waals surface area contributed by atoms with Crippen molar-refractivity contribution in [1.82, 2.24) is 0 Å². The van der Waals surface area contributed by atoms with Gasteiger partial charge in [0.05, 0.1) is 15.6 Å². The van der Waals surface area contributed by atoms with Crippen LogP contribution in [0.2, 0.25) is 0 Å². The number of nitrogen functional groups attached to an aromatic ring is 1. The molecule has 1 aromatic heterocycles. The third-order valence-electron chi connectivity index (χ3n) is 3.72. The molecule has 0 spiro atoms. The van der Waals surface area contributed by atoms with E-state index >= 15 is 0 Å². The minimum absolute atomic E-state index is 0.180. The van der Waals surface area contributed by atoms with Crippen molar-refractivity contribution in [2.24, 2.45) is 0 Å². The van der Waals surface area contributed by atoms with Crippen LogP contribution in [-0.2, 0) is 0 Å². The molecule has 1 aliphatic carbocycles. The molecule has 1 saturated carbocycles. The molecule has 19 heavy (non-hydrogen) atoms.